The molecule has 1 aromatic rings. The van der Waals surface area contributed by atoms with Gasteiger partial charge in [-0.05, 0) is 32.0 Å². The molecule has 0 saturated carbocycles. The van der Waals surface area contributed by atoms with Gasteiger partial charge in [-0.2, -0.15) is 0 Å². The minimum absolute atomic E-state index is 0.00673. The Kier molecular flexibility index (Phi) is 3.41. The molecule has 0 aromatic carbocycles. The average Bonchev–Trinajstić information content (AvgIpc) is 2.64. The monoisotopic (exact) mass is 239 g/mol. The van der Waals surface area contributed by atoms with Crippen LogP contribution >= 0.6 is 11.6 Å². The van der Waals surface area contributed by atoms with E-state index in [2.05, 4.69) is 15.6 Å². The molecule has 2 heterocycles. The number of amides is 1. The van der Waals surface area contributed by atoms with Crippen LogP contribution in [-0.4, -0.2) is 23.5 Å². The van der Waals surface area contributed by atoms with Crippen molar-refractivity contribution in [1.29, 1.82) is 0 Å². The van der Waals surface area contributed by atoms with E-state index in [4.69, 9.17) is 11.6 Å². The Hall–Kier alpha value is -1.13. The summed E-state index contributed by atoms with van der Waals surface area (Å²) >= 11 is 5.74. The maximum Gasteiger partial charge on any atom is 0.230 e. The highest BCUT2D eigenvalue weighted by Gasteiger charge is 2.29. The molecule has 5 heteroatoms. The van der Waals surface area contributed by atoms with E-state index in [9.17, 15) is 4.79 Å². The summed E-state index contributed by atoms with van der Waals surface area (Å²) in [6.07, 6.45) is 0.869. The van der Waals surface area contributed by atoms with Crippen molar-refractivity contribution in [3.63, 3.8) is 0 Å². The summed E-state index contributed by atoms with van der Waals surface area (Å²) in [6.45, 7) is 2.91. The van der Waals surface area contributed by atoms with E-state index < -0.39 is 0 Å². The molecule has 2 rings (SSSR count). The van der Waals surface area contributed by atoms with E-state index in [1.54, 1.807) is 18.2 Å². The molecular weight excluding hydrogens is 226 g/mol. The van der Waals surface area contributed by atoms with Crippen LogP contribution in [0.4, 0.5) is 5.82 Å². The maximum absolute atomic E-state index is 11.9. The van der Waals surface area contributed by atoms with Crippen molar-refractivity contribution < 1.29 is 4.79 Å². The molecule has 0 aliphatic carbocycles. The number of carbonyl (C=O) groups is 1. The zero-order valence-corrected chi connectivity index (χ0v) is 9.79. The van der Waals surface area contributed by atoms with Gasteiger partial charge in [-0.25, -0.2) is 4.98 Å². The zero-order chi connectivity index (χ0) is 11.5. The second kappa shape index (κ2) is 4.80. The van der Waals surface area contributed by atoms with Crippen LogP contribution in [0.1, 0.15) is 13.3 Å². The molecule has 1 aliphatic heterocycles. The minimum atomic E-state index is 0.00673. The molecule has 0 bridgehead atoms. The lowest BCUT2D eigenvalue weighted by Crippen LogP contribution is -2.32. The molecule has 2 N–H and O–H groups in total. The molecule has 1 aromatic heterocycles. The number of hydrogen-bond donors (Lipinski definition) is 2. The molecule has 0 spiro atoms. The third kappa shape index (κ3) is 2.51. The number of carbonyl (C=O) groups excluding carboxylic acids is 1. The van der Waals surface area contributed by atoms with Gasteiger partial charge in [0.2, 0.25) is 5.91 Å². The number of nitrogens with one attached hydrogen (secondary N) is 2. The standard InChI is InChI=1S/C11H14ClN3O/c1-7-8(5-6-13-7)11(16)15-10-4-2-3-9(12)14-10/h2-4,7-8,13H,5-6H2,1H3,(H,14,15,16). The molecule has 1 saturated heterocycles. The van der Waals surface area contributed by atoms with Crippen LogP contribution < -0.4 is 10.6 Å². The number of nitrogens with zero attached hydrogens (tertiary/aromatic N) is 1. The molecule has 4 nitrogen and oxygen atoms in total. The van der Waals surface area contributed by atoms with E-state index in [1.807, 2.05) is 6.92 Å². The number of hydrogen-bond acceptors (Lipinski definition) is 3. The summed E-state index contributed by atoms with van der Waals surface area (Å²) in [5.41, 5.74) is 0. The van der Waals surface area contributed by atoms with Gasteiger partial charge in [-0.1, -0.05) is 17.7 Å². The van der Waals surface area contributed by atoms with E-state index in [-0.39, 0.29) is 17.9 Å². The fourth-order valence-corrected chi connectivity index (χ4v) is 2.08. The van der Waals surface area contributed by atoms with E-state index in [0.717, 1.165) is 13.0 Å². The molecule has 1 amide bonds. The minimum Gasteiger partial charge on any atom is -0.313 e. The fourth-order valence-electron chi connectivity index (χ4n) is 1.91. The van der Waals surface area contributed by atoms with Crippen LogP contribution in [0.15, 0.2) is 18.2 Å². The lowest BCUT2D eigenvalue weighted by Gasteiger charge is -2.14. The van der Waals surface area contributed by atoms with Crippen LogP contribution in [-0.2, 0) is 4.79 Å². The first kappa shape index (κ1) is 11.4. The van der Waals surface area contributed by atoms with Crippen LogP contribution in [0, 0.1) is 5.92 Å². The van der Waals surface area contributed by atoms with E-state index in [1.165, 1.54) is 0 Å². The topological polar surface area (TPSA) is 54.0 Å². The molecule has 86 valence electrons. The average molecular weight is 240 g/mol. The Balaban J connectivity index is 2.02. The highest BCUT2D eigenvalue weighted by atomic mass is 35.5. The third-order valence-corrected chi connectivity index (χ3v) is 3.04. The summed E-state index contributed by atoms with van der Waals surface area (Å²) in [4.78, 5) is 15.9. The first-order valence-electron chi connectivity index (χ1n) is 5.33. The molecule has 16 heavy (non-hydrogen) atoms. The predicted molar refractivity (Wildman–Crippen MR) is 63.4 cm³/mol. The summed E-state index contributed by atoms with van der Waals surface area (Å²) in [5.74, 6) is 0.532. The van der Waals surface area contributed by atoms with Crippen LogP contribution in [0.25, 0.3) is 0 Å². The van der Waals surface area contributed by atoms with Gasteiger partial charge in [0.1, 0.15) is 11.0 Å². The van der Waals surface area contributed by atoms with Crippen LogP contribution in [0.2, 0.25) is 5.15 Å². The predicted octanol–water partition coefficient (Wildman–Crippen LogP) is 1.67. The Morgan fingerprint density at radius 2 is 2.44 bits per heavy atom. The van der Waals surface area contributed by atoms with Crippen molar-refractivity contribution in [2.75, 3.05) is 11.9 Å². The van der Waals surface area contributed by atoms with Crippen molar-refractivity contribution in [2.45, 2.75) is 19.4 Å². The SMILES string of the molecule is CC1NCCC1C(=O)Nc1cccc(Cl)n1. The number of aromatic nitrogens is 1. The van der Waals surface area contributed by atoms with Crippen molar-refractivity contribution >= 4 is 23.3 Å². The van der Waals surface area contributed by atoms with Crippen molar-refractivity contribution in [3.05, 3.63) is 23.4 Å². The first-order chi connectivity index (χ1) is 7.66. The van der Waals surface area contributed by atoms with Gasteiger partial charge >= 0.3 is 0 Å². The van der Waals surface area contributed by atoms with Gasteiger partial charge in [0.05, 0.1) is 5.92 Å². The van der Waals surface area contributed by atoms with Gasteiger partial charge in [-0.3, -0.25) is 4.79 Å². The fraction of sp³-hybridized carbons (Fsp3) is 0.455. The van der Waals surface area contributed by atoms with Crippen molar-refractivity contribution in [1.82, 2.24) is 10.3 Å². The largest absolute Gasteiger partial charge is 0.313 e. The first-order valence-corrected chi connectivity index (χ1v) is 5.71. The normalized spacial score (nSPS) is 24.4. The summed E-state index contributed by atoms with van der Waals surface area (Å²) < 4.78 is 0. The molecule has 1 aliphatic rings. The number of rotatable bonds is 2. The second-order valence-corrected chi connectivity index (χ2v) is 4.36. The third-order valence-electron chi connectivity index (χ3n) is 2.83. The Labute approximate surface area is 99.4 Å². The second-order valence-electron chi connectivity index (χ2n) is 3.97. The lowest BCUT2D eigenvalue weighted by atomic mass is 10.0. The quantitative estimate of drug-likeness (QED) is 0.772. The molecule has 2 atom stereocenters. The van der Waals surface area contributed by atoms with E-state index in [0.29, 0.717) is 11.0 Å². The van der Waals surface area contributed by atoms with E-state index >= 15 is 0 Å². The van der Waals surface area contributed by atoms with Crippen LogP contribution in [0.3, 0.4) is 0 Å². The van der Waals surface area contributed by atoms with Gasteiger partial charge in [0.25, 0.3) is 0 Å². The molecule has 1 fully saturated rings. The number of anilines is 1. The van der Waals surface area contributed by atoms with Crippen LogP contribution in [0.5, 0.6) is 0 Å². The Bertz CT molecular complexity index is 397. The summed E-state index contributed by atoms with van der Waals surface area (Å²) in [6, 6.07) is 5.40. The Morgan fingerprint density at radius 1 is 1.62 bits per heavy atom. The molecule has 2 unspecified atom stereocenters. The maximum atomic E-state index is 11.9. The van der Waals surface area contributed by atoms with Crippen molar-refractivity contribution in [2.24, 2.45) is 5.92 Å². The number of pyridine rings is 1. The summed E-state index contributed by atoms with van der Waals surface area (Å²) in [7, 11) is 0. The zero-order valence-electron chi connectivity index (χ0n) is 9.03. The lowest BCUT2D eigenvalue weighted by molar-refractivity contribution is -0.120. The highest BCUT2D eigenvalue weighted by molar-refractivity contribution is 6.29. The molecular formula is C11H14ClN3O. The van der Waals surface area contributed by atoms with Gasteiger partial charge < -0.3 is 10.6 Å². The van der Waals surface area contributed by atoms with Crippen molar-refractivity contribution in [3.8, 4) is 0 Å². The van der Waals surface area contributed by atoms with Gasteiger partial charge in [0, 0.05) is 6.04 Å². The Morgan fingerprint density at radius 3 is 3.06 bits per heavy atom. The van der Waals surface area contributed by atoms with Gasteiger partial charge in [-0.15, -0.1) is 0 Å². The smallest absolute Gasteiger partial charge is 0.230 e. The molecule has 0 radical (unpaired) electrons. The highest BCUT2D eigenvalue weighted by Crippen LogP contribution is 2.17. The summed E-state index contributed by atoms with van der Waals surface area (Å²) in [5, 5.41) is 6.41. The van der Waals surface area contributed by atoms with Gasteiger partial charge in [0.15, 0.2) is 0 Å². The number of halogens is 1.